The quantitative estimate of drug-likeness (QED) is 0.502. The second-order valence-electron chi connectivity index (χ2n) is 6.58. The van der Waals surface area contributed by atoms with Crippen LogP contribution < -0.4 is 0 Å². The predicted octanol–water partition coefficient (Wildman–Crippen LogP) is 6.68. The lowest BCUT2D eigenvalue weighted by Crippen LogP contribution is -1.90. The zero-order chi connectivity index (χ0) is 16.9. The number of hydrogen-bond donors (Lipinski definition) is 0. The van der Waals surface area contributed by atoms with Crippen molar-refractivity contribution in [2.45, 2.75) is 19.3 Å². The van der Waals surface area contributed by atoms with E-state index in [9.17, 15) is 0 Å². The summed E-state index contributed by atoms with van der Waals surface area (Å²) in [4.78, 5) is 0. The standard InChI is InChI=1S/C25H22/c1-3-7-22(8-4-1)24-15-11-20(12-16-24)19-21-13-17-25(18-14-21)23-9-5-2-6-10-23/h1,3-5,7-18H,2,6,19H2. The molecule has 0 unspecified atom stereocenters. The molecule has 0 nitrogen and oxygen atoms in total. The number of benzene rings is 3. The van der Waals surface area contributed by atoms with Crippen LogP contribution in [-0.2, 0) is 6.42 Å². The van der Waals surface area contributed by atoms with Crippen LogP contribution in [0.5, 0.6) is 0 Å². The normalized spacial score (nSPS) is 13.5. The third-order valence-corrected chi connectivity index (χ3v) is 4.75. The second-order valence-corrected chi connectivity index (χ2v) is 6.58. The van der Waals surface area contributed by atoms with Crippen LogP contribution in [0.2, 0.25) is 0 Å². The van der Waals surface area contributed by atoms with E-state index in [0.29, 0.717) is 0 Å². The average Bonchev–Trinajstić information content (AvgIpc) is 2.71. The molecule has 0 N–H and O–H groups in total. The van der Waals surface area contributed by atoms with Gasteiger partial charge in [-0.15, -0.1) is 0 Å². The first-order valence-electron chi connectivity index (χ1n) is 8.99. The minimum absolute atomic E-state index is 0.976. The molecule has 1 aliphatic carbocycles. The highest BCUT2D eigenvalue weighted by Crippen LogP contribution is 2.23. The van der Waals surface area contributed by atoms with Crippen molar-refractivity contribution in [1.29, 1.82) is 0 Å². The van der Waals surface area contributed by atoms with E-state index in [1.165, 1.54) is 39.8 Å². The molecule has 0 bridgehead atoms. The summed E-state index contributed by atoms with van der Waals surface area (Å²) in [7, 11) is 0. The lowest BCUT2D eigenvalue weighted by molar-refractivity contribution is 1.04. The maximum absolute atomic E-state index is 2.33. The van der Waals surface area contributed by atoms with Crippen LogP contribution in [0.25, 0.3) is 16.7 Å². The first-order chi connectivity index (χ1) is 12.4. The van der Waals surface area contributed by atoms with Gasteiger partial charge in [0.2, 0.25) is 0 Å². The van der Waals surface area contributed by atoms with Gasteiger partial charge >= 0.3 is 0 Å². The van der Waals surface area contributed by atoms with Gasteiger partial charge in [0.1, 0.15) is 0 Å². The molecule has 0 heterocycles. The van der Waals surface area contributed by atoms with Crippen molar-refractivity contribution in [2.75, 3.05) is 0 Å². The maximum atomic E-state index is 2.33. The minimum atomic E-state index is 0.976. The lowest BCUT2D eigenvalue weighted by atomic mass is 9.96. The monoisotopic (exact) mass is 322 g/mol. The van der Waals surface area contributed by atoms with Gasteiger partial charge in [-0.25, -0.2) is 0 Å². The third kappa shape index (κ3) is 3.80. The Labute approximate surface area is 150 Å². The van der Waals surface area contributed by atoms with E-state index in [-0.39, 0.29) is 0 Å². The Morgan fingerprint density at radius 2 is 1.16 bits per heavy atom. The minimum Gasteiger partial charge on any atom is -0.0836 e. The molecule has 0 radical (unpaired) electrons. The van der Waals surface area contributed by atoms with Crippen LogP contribution in [0.4, 0.5) is 0 Å². The van der Waals surface area contributed by atoms with E-state index >= 15 is 0 Å². The Balaban J connectivity index is 1.47. The molecule has 0 saturated carbocycles. The summed E-state index contributed by atoms with van der Waals surface area (Å²) in [5.74, 6) is 0. The van der Waals surface area contributed by atoms with Crippen molar-refractivity contribution in [3.63, 3.8) is 0 Å². The SMILES string of the molecule is C1=CC(c2ccc(Cc3ccc(-c4ccccc4)cc3)cc2)=CCC1. The fourth-order valence-corrected chi connectivity index (χ4v) is 3.32. The second kappa shape index (κ2) is 7.36. The van der Waals surface area contributed by atoms with Gasteiger partial charge in [-0.05, 0) is 52.7 Å². The highest BCUT2D eigenvalue weighted by atomic mass is 14.1. The highest BCUT2D eigenvalue weighted by molar-refractivity contribution is 5.74. The van der Waals surface area contributed by atoms with Crippen LogP contribution in [0, 0.1) is 0 Å². The molecule has 25 heavy (non-hydrogen) atoms. The fourth-order valence-electron chi connectivity index (χ4n) is 3.32. The molecular formula is C25H22. The van der Waals surface area contributed by atoms with Crippen LogP contribution >= 0.6 is 0 Å². The van der Waals surface area contributed by atoms with Gasteiger partial charge in [0.15, 0.2) is 0 Å². The number of rotatable bonds is 4. The largest absolute Gasteiger partial charge is 0.0836 e. The Morgan fingerprint density at radius 1 is 0.560 bits per heavy atom. The summed E-state index contributed by atoms with van der Waals surface area (Å²) >= 11 is 0. The lowest BCUT2D eigenvalue weighted by Gasteiger charge is -2.09. The molecule has 3 aromatic rings. The maximum Gasteiger partial charge on any atom is -0.00258 e. The highest BCUT2D eigenvalue weighted by Gasteiger charge is 2.03. The van der Waals surface area contributed by atoms with Gasteiger partial charge in [0.25, 0.3) is 0 Å². The predicted molar refractivity (Wildman–Crippen MR) is 107 cm³/mol. The molecule has 4 rings (SSSR count). The van der Waals surface area contributed by atoms with Gasteiger partial charge in [-0.3, -0.25) is 0 Å². The van der Waals surface area contributed by atoms with E-state index in [4.69, 9.17) is 0 Å². The molecule has 0 spiro atoms. The molecule has 0 amide bonds. The van der Waals surface area contributed by atoms with Gasteiger partial charge in [0.05, 0.1) is 0 Å². The number of allylic oxidation sites excluding steroid dienone is 4. The van der Waals surface area contributed by atoms with Crippen LogP contribution in [-0.4, -0.2) is 0 Å². The average molecular weight is 322 g/mol. The zero-order valence-corrected chi connectivity index (χ0v) is 14.4. The van der Waals surface area contributed by atoms with E-state index in [1.807, 2.05) is 0 Å². The topological polar surface area (TPSA) is 0 Å². The van der Waals surface area contributed by atoms with E-state index in [2.05, 4.69) is 97.1 Å². The summed E-state index contributed by atoms with van der Waals surface area (Å²) in [6.45, 7) is 0. The van der Waals surface area contributed by atoms with Crippen molar-refractivity contribution in [2.24, 2.45) is 0 Å². The summed E-state index contributed by atoms with van der Waals surface area (Å²) in [5, 5.41) is 0. The Morgan fingerprint density at radius 3 is 1.76 bits per heavy atom. The Kier molecular flexibility index (Phi) is 4.61. The van der Waals surface area contributed by atoms with E-state index in [0.717, 1.165) is 12.8 Å². The zero-order valence-electron chi connectivity index (χ0n) is 14.4. The van der Waals surface area contributed by atoms with Crippen molar-refractivity contribution in [3.05, 3.63) is 114 Å². The van der Waals surface area contributed by atoms with Gasteiger partial charge in [-0.1, -0.05) is 97.1 Å². The molecule has 0 heteroatoms. The van der Waals surface area contributed by atoms with E-state index < -0.39 is 0 Å². The molecule has 0 atom stereocenters. The first kappa shape index (κ1) is 15.7. The van der Waals surface area contributed by atoms with Gasteiger partial charge in [-0.2, -0.15) is 0 Å². The number of hydrogen-bond acceptors (Lipinski definition) is 0. The van der Waals surface area contributed by atoms with Gasteiger partial charge < -0.3 is 0 Å². The van der Waals surface area contributed by atoms with Crippen molar-refractivity contribution >= 4 is 5.57 Å². The third-order valence-electron chi connectivity index (χ3n) is 4.75. The summed E-state index contributed by atoms with van der Waals surface area (Å²) in [5.41, 5.74) is 7.92. The molecule has 3 aromatic carbocycles. The van der Waals surface area contributed by atoms with Crippen LogP contribution in [0.3, 0.4) is 0 Å². The van der Waals surface area contributed by atoms with E-state index in [1.54, 1.807) is 0 Å². The van der Waals surface area contributed by atoms with Crippen molar-refractivity contribution < 1.29 is 0 Å². The molecule has 0 aromatic heterocycles. The fraction of sp³-hybridized carbons (Fsp3) is 0.120. The van der Waals surface area contributed by atoms with Crippen LogP contribution in [0.1, 0.15) is 29.5 Å². The molecule has 1 aliphatic rings. The summed E-state index contributed by atoms with van der Waals surface area (Å²) in [6.07, 6.45) is 10.1. The molecule has 0 fully saturated rings. The summed E-state index contributed by atoms with van der Waals surface area (Å²) in [6, 6.07) is 28.4. The smallest absolute Gasteiger partial charge is 0.00258 e. The Hall–Kier alpha value is -2.86. The van der Waals surface area contributed by atoms with Crippen molar-refractivity contribution in [1.82, 2.24) is 0 Å². The first-order valence-corrected chi connectivity index (χ1v) is 8.99. The Bertz CT molecular complexity index is 879. The molecular weight excluding hydrogens is 300 g/mol. The molecule has 122 valence electrons. The van der Waals surface area contributed by atoms with Gasteiger partial charge in [0, 0.05) is 0 Å². The van der Waals surface area contributed by atoms with Crippen LogP contribution in [0.15, 0.2) is 97.1 Å². The molecule has 0 aliphatic heterocycles. The summed E-state index contributed by atoms with van der Waals surface area (Å²) < 4.78 is 0. The molecule has 0 saturated heterocycles. The van der Waals surface area contributed by atoms with Crippen molar-refractivity contribution in [3.8, 4) is 11.1 Å².